The van der Waals surface area contributed by atoms with E-state index in [2.05, 4.69) is 18.2 Å². The predicted octanol–water partition coefficient (Wildman–Crippen LogP) is 5.79. The zero-order chi connectivity index (χ0) is 29.5. The lowest BCUT2D eigenvalue weighted by Crippen LogP contribution is -2.55. The molecule has 4 aliphatic rings. The van der Waals surface area contributed by atoms with Crippen LogP contribution in [0.2, 0.25) is 0 Å². The summed E-state index contributed by atoms with van der Waals surface area (Å²) in [5.41, 5.74) is 1.77. The van der Waals surface area contributed by atoms with E-state index in [4.69, 9.17) is 18.9 Å². The van der Waals surface area contributed by atoms with E-state index in [1.54, 1.807) is 13.2 Å². The molecule has 4 rings (SSSR count). The van der Waals surface area contributed by atoms with Gasteiger partial charge in [0.25, 0.3) is 0 Å². The molecule has 0 aromatic rings. The summed E-state index contributed by atoms with van der Waals surface area (Å²) < 4.78 is 23.9. The Labute approximate surface area is 245 Å². The molecule has 0 bridgehead atoms. The number of carbonyl (C=O) groups is 2. The molecule has 2 heterocycles. The molecule has 1 N–H and O–H groups in total. The topological polar surface area (TPSA) is 91.3 Å². The lowest BCUT2D eigenvalue weighted by Gasteiger charge is -2.42. The maximum absolute atomic E-state index is 13.0. The van der Waals surface area contributed by atoms with E-state index in [0.717, 1.165) is 49.7 Å². The second-order valence-corrected chi connectivity index (χ2v) is 12.0. The first kappa shape index (κ1) is 31.6. The highest BCUT2D eigenvalue weighted by Gasteiger charge is 2.46. The second-order valence-electron chi connectivity index (χ2n) is 12.0. The zero-order valence-corrected chi connectivity index (χ0v) is 25.2. The molecule has 41 heavy (non-hydrogen) atoms. The third-order valence-electron chi connectivity index (χ3n) is 9.24. The van der Waals surface area contributed by atoms with E-state index < -0.39 is 18.5 Å². The number of methoxy groups -OCH3 is 1. The Bertz CT molecular complexity index is 1070. The fourth-order valence-electron chi connectivity index (χ4n) is 6.45. The van der Waals surface area contributed by atoms with Crippen molar-refractivity contribution in [3.63, 3.8) is 0 Å². The van der Waals surface area contributed by atoms with Gasteiger partial charge in [-0.15, -0.1) is 0 Å². The number of fused-ring (bicyclic) bond motifs is 3. The van der Waals surface area contributed by atoms with E-state index in [1.807, 2.05) is 52.0 Å². The van der Waals surface area contributed by atoms with Gasteiger partial charge in [-0.3, -0.25) is 9.59 Å². The Morgan fingerprint density at radius 1 is 1.05 bits per heavy atom. The van der Waals surface area contributed by atoms with Crippen molar-refractivity contribution < 1.29 is 33.6 Å². The molecule has 2 unspecified atom stereocenters. The summed E-state index contributed by atoms with van der Waals surface area (Å²) in [7, 11) is 1.58. The van der Waals surface area contributed by atoms with Crippen LogP contribution >= 0.6 is 0 Å². The number of hydrogen-bond donors (Lipinski definition) is 1. The maximum atomic E-state index is 13.0. The van der Waals surface area contributed by atoms with E-state index in [9.17, 15) is 14.7 Å². The van der Waals surface area contributed by atoms with Crippen molar-refractivity contribution in [3.8, 4) is 0 Å². The van der Waals surface area contributed by atoms with Gasteiger partial charge in [0.05, 0.1) is 24.7 Å². The molecular weight excluding hydrogens is 520 g/mol. The van der Waals surface area contributed by atoms with Gasteiger partial charge in [-0.1, -0.05) is 50.3 Å². The third kappa shape index (κ3) is 7.95. The number of ether oxygens (including phenoxy) is 4. The SMILES string of the molecule is CCC1/C=C/CCC/C=C(/C)C(=O)/C=C/C2C(=CCC(=O)O1)C=C[C@@H]1C[C@@H](O[C@@H]3O[C@@H](C)[C@H](C)[C@@H](O)[C@H]3OC)C[C@@H]21. The molecule has 10 atom stereocenters. The first-order chi connectivity index (χ1) is 19.7. The van der Waals surface area contributed by atoms with Gasteiger partial charge in [-0.05, 0) is 87.5 Å². The number of hydrogen-bond acceptors (Lipinski definition) is 7. The molecule has 2 aliphatic carbocycles. The lowest BCUT2D eigenvalue weighted by atomic mass is 9.74. The summed E-state index contributed by atoms with van der Waals surface area (Å²) in [6.07, 6.45) is 18.8. The molecule has 0 aromatic heterocycles. The minimum Gasteiger partial charge on any atom is -0.458 e. The molecule has 1 saturated carbocycles. The van der Waals surface area contributed by atoms with Crippen LogP contribution in [0.4, 0.5) is 0 Å². The number of cyclic esters (lactones) is 1. The molecule has 226 valence electrons. The van der Waals surface area contributed by atoms with E-state index in [0.29, 0.717) is 0 Å². The summed E-state index contributed by atoms with van der Waals surface area (Å²) >= 11 is 0. The molecule has 0 spiro atoms. The van der Waals surface area contributed by atoms with Gasteiger partial charge in [0.15, 0.2) is 12.1 Å². The van der Waals surface area contributed by atoms with Gasteiger partial charge in [0, 0.05) is 18.9 Å². The van der Waals surface area contributed by atoms with Crippen molar-refractivity contribution in [1.82, 2.24) is 0 Å². The number of aliphatic hydroxyl groups is 1. The predicted molar refractivity (Wildman–Crippen MR) is 158 cm³/mol. The summed E-state index contributed by atoms with van der Waals surface area (Å²) in [5, 5.41) is 10.8. The second kappa shape index (κ2) is 14.7. The number of allylic oxidation sites excluding steroid dienone is 8. The molecule has 2 fully saturated rings. The van der Waals surface area contributed by atoms with Crippen LogP contribution in [0.1, 0.15) is 72.6 Å². The monoisotopic (exact) mass is 568 g/mol. The summed E-state index contributed by atoms with van der Waals surface area (Å²) in [5.74, 6) is 0.150. The summed E-state index contributed by atoms with van der Waals surface area (Å²) in [4.78, 5) is 25.7. The van der Waals surface area contributed by atoms with Crippen LogP contribution in [0, 0.1) is 23.7 Å². The third-order valence-corrected chi connectivity index (χ3v) is 9.24. The van der Waals surface area contributed by atoms with Gasteiger partial charge in [0.2, 0.25) is 0 Å². The number of esters is 1. The van der Waals surface area contributed by atoms with Crippen LogP contribution in [-0.2, 0) is 28.5 Å². The van der Waals surface area contributed by atoms with Crippen molar-refractivity contribution in [3.05, 3.63) is 59.8 Å². The van der Waals surface area contributed by atoms with Gasteiger partial charge in [-0.2, -0.15) is 0 Å². The van der Waals surface area contributed by atoms with Crippen LogP contribution in [0.25, 0.3) is 0 Å². The van der Waals surface area contributed by atoms with Crippen molar-refractivity contribution >= 4 is 11.8 Å². The first-order valence-corrected chi connectivity index (χ1v) is 15.4. The normalized spacial score (nSPS) is 41.7. The highest BCUT2D eigenvalue weighted by Crippen LogP contribution is 2.47. The molecule has 7 heteroatoms. The van der Waals surface area contributed by atoms with Gasteiger partial charge in [-0.25, -0.2) is 0 Å². The minimum absolute atomic E-state index is 0.0159. The van der Waals surface area contributed by atoms with Gasteiger partial charge < -0.3 is 24.1 Å². The Morgan fingerprint density at radius 3 is 2.61 bits per heavy atom. The molecule has 1 saturated heterocycles. The van der Waals surface area contributed by atoms with E-state index in [1.165, 1.54) is 0 Å². The van der Waals surface area contributed by atoms with Crippen LogP contribution in [0.5, 0.6) is 0 Å². The smallest absolute Gasteiger partial charge is 0.310 e. The molecular formula is C34H48O7. The Hall–Kier alpha value is -2.32. The van der Waals surface area contributed by atoms with Crippen LogP contribution in [-0.4, -0.2) is 60.8 Å². The summed E-state index contributed by atoms with van der Waals surface area (Å²) in [6.45, 7) is 7.80. The zero-order valence-electron chi connectivity index (χ0n) is 25.2. The molecule has 2 aliphatic heterocycles. The lowest BCUT2D eigenvalue weighted by molar-refractivity contribution is -0.297. The largest absolute Gasteiger partial charge is 0.458 e. The quantitative estimate of drug-likeness (QED) is 0.339. The maximum Gasteiger partial charge on any atom is 0.310 e. The van der Waals surface area contributed by atoms with Crippen molar-refractivity contribution in [2.75, 3.05) is 7.11 Å². The van der Waals surface area contributed by atoms with E-state index >= 15 is 0 Å². The molecule has 0 amide bonds. The number of aliphatic hydroxyl groups excluding tert-OH is 1. The fraction of sp³-hybridized carbons (Fsp3) is 0.647. The van der Waals surface area contributed by atoms with Gasteiger partial charge in [0.1, 0.15) is 12.2 Å². The Kier molecular flexibility index (Phi) is 11.4. The number of rotatable bonds is 4. The number of ketones is 1. The standard InChI is InChI=1S/C34H48O7/c1-6-26-12-10-8-7-9-11-21(2)30(35)17-16-28-24(15-18-31(36)40-26)13-14-25-19-27(20-29(25)28)41-34-33(38-5)32(37)22(3)23(4)39-34/h10-17,22-23,25-29,32-34,37H,6-9,18-20H2,1-5H3/b12-10+,17-16+,21-11-,24-15?/t22-,23-,25+,26?,27+,28?,29+,32+,33+,34-/m0/s1. The summed E-state index contributed by atoms with van der Waals surface area (Å²) in [6, 6.07) is 0. The number of carbonyl (C=O) groups excluding carboxylic acids is 2. The average molecular weight is 569 g/mol. The molecule has 7 nitrogen and oxygen atoms in total. The van der Waals surface area contributed by atoms with Crippen LogP contribution in [0.15, 0.2) is 59.8 Å². The first-order valence-electron chi connectivity index (χ1n) is 15.4. The minimum atomic E-state index is -0.669. The average Bonchev–Trinajstić information content (AvgIpc) is 3.37. The van der Waals surface area contributed by atoms with E-state index in [-0.39, 0.29) is 60.2 Å². The highest BCUT2D eigenvalue weighted by atomic mass is 16.7. The van der Waals surface area contributed by atoms with Crippen molar-refractivity contribution in [1.29, 1.82) is 0 Å². The fourth-order valence-corrected chi connectivity index (χ4v) is 6.45. The Morgan fingerprint density at radius 2 is 1.85 bits per heavy atom. The van der Waals surface area contributed by atoms with Crippen molar-refractivity contribution in [2.45, 2.75) is 109 Å². The molecule has 0 radical (unpaired) electrons. The highest BCUT2D eigenvalue weighted by molar-refractivity contribution is 6.03. The van der Waals surface area contributed by atoms with Crippen LogP contribution in [0.3, 0.4) is 0 Å². The van der Waals surface area contributed by atoms with Gasteiger partial charge >= 0.3 is 5.97 Å². The van der Waals surface area contributed by atoms with Crippen LogP contribution < -0.4 is 0 Å². The Balaban J connectivity index is 1.54. The van der Waals surface area contributed by atoms with Crippen molar-refractivity contribution in [2.24, 2.45) is 23.7 Å². The molecule has 0 aromatic carbocycles.